The summed E-state index contributed by atoms with van der Waals surface area (Å²) in [7, 11) is 0. The number of carbonyl (C=O) groups excluding carboxylic acids is 1. The molecule has 1 atom stereocenters. The number of aliphatic imine (C=N–C) groups is 2. The molecule has 0 saturated carbocycles. The first-order chi connectivity index (χ1) is 6.18. The summed E-state index contributed by atoms with van der Waals surface area (Å²) in [4.78, 5) is 18.3. The van der Waals surface area contributed by atoms with E-state index in [-0.39, 0.29) is 5.92 Å². The van der Waals surface area contributed by atoms with Gasteiger partial charge in [0.05, 0.1) is 11.6 Å². The molecule has 0 spiro atoms. The van der Waals surface area contributed by atoms with Crippen LogP contribution in [-0.4, -0.2) is 16.9 Å². The Hall–Kier alpha value is -1.22. The Balaban J connectivity index is 2.48. The van der Waals surface area contributed by atoms with Crippen molar-refractivity contribution in [1.82, 2.24) is 0 Å². The number of halogens is 1. The lowest BCUT2D eigenvalue weighted by atomic mass is 9.91. The Labute approximate surface area is 80.5 Å². The Kier molecular flexibility index (Phi) is 1.88. The van der Waals surface area contributed by atoms with Crippen LogP contribution >= 0.6 is 11.6 Å². The Bertz CT molecular complexity index is 390. The molecule has 0 aromatic heterocycles. The van der Waals surface area contributed by atoms with E-state index in [1.807, 2.05) is 19.1 Å². The maximum absolute atomic E-state index is 10.9. The van der Waals surface area contributed by atoms with Gasteiger partial charge in [-0.3, -0.25) is 0 Å². The molecule has 0 radical (unpaired) electrons. The minimum atomic E-state index is -0.518. The molecule has 13 heavy (non-hydrogen) atoms. The number of carbonyl (C=O) groups is 1. The van der Waals surface area contributed by atoms with Gasteiger partial charge in [-0.05, 0) is 13.0 Å². The highest BCUT2D eigenvalue weighted by atomic mass is 35.5. The first-order valence-electron chi connectivity index (χ1n) is 3.90. The molecule has 0 N–H and O–H groups in total. The van der Waals surface area contributed by atoms with Gasteiger partial charge >= 0.3 is 6.03 Å². The van der Waals surface area contributed by atoms with Crippen LogP contribution < -0.4 is 0 Å². The fourth-order valence-corrected chi connectivity index (χ4v) is 1.78. The van der Waals surface area contributed by atoms with E-state index in [9.17, 15) is 4.79 Å². The molecule has 0 bridgehead atoms. The number of urea groups is 1. The molecule has 1 aliphatic heterocycles. The second-order valence-corrected chi connectivity index (χ2v) is 3.34. The minimum absolute atomic E-state index is 0.107. The first kappa shape index (κ1) is 8.38. The van der Waals surface area contributed by atoms with Crippen molar-refractivity contribution in [1.29, 1.82) is 0 Å². The van der Waals surface area contributed by atoms with Gasteiger partial charge in [0.15, 0.2) is 0 Å². The number of amides is 2. The normalized spacial score (nSPS) is 26.2. The van der Waals surface area contributed by atoms with Gasteiger partial charge in [0.25, 0.3) is 0 Å². The number of rotatable bonds is 0. The molecule has 0 fully saturated rings. The number of fused-ring (bicyclic) bond motifs is 1. The third-order valence-electron chi connectivity index (χ3n) is 2.04. The Morgan fingerprint density at radius 2 is 2.23 bits per heavy atom. The van der Waals surface area contributed by atoms with Gasteiger partial charge in [0, 0.05) is 0 Å². The van der Waals surface area contributed by atoms with Crippen LogP contribution in [-0.2, 0) is 0 Å². The molecular formula is C9H7ClN2O. The second kappa shape index (κ2) is 2.92. The van der Waals surface area contributed by atoms with Gasteiger partial charge in [-0.15, -0.1) is 0 Å². The van der Waals surface area contributed by atoms with Gasteiger partial charge in [0.2, 0.25) is 0 Å². The quantitative estimate of drug-likeness (QED) is 0.584. The zero-order chi connectivity index (χ0) is 9.42. The molecule has 0 aromatic rings. The molecule has 2 amide bonds. The number of allylic oxidation sites excluding steroid dienone is 4. The van der Waals surface area contributed by atoms with Crippen molar-refractivity contribution in [3.05, 3.63) is 23.8 Å². The maximum Gasteiger partial charge on any atom is 0.368 e. The monoisotopic (exact) mass is 194 g/mol. The van der Waals surface area contributed by atoms with E-state index in [2.05, 4.69) is 9.98 Å². The lowest BCUT2D eigenvalue weighted by Crippen LogP contribution is -2.26. The number of nitrogens with zero attached hydrogens (tertiary/aromatic N) is 2. The number of hydrogen-bond acceptors (Lipinski definition) is 1. The predicted octanol–water partition coefficient (Wildman–Crippen LogP) is 2.33. The first-order valence-corrected chi connectivity index (χ1v) is 4.28. The predicted molar refractivity (Wildman–Crippen MR) is 52.5 cm³/mol. The highest BCUT2D eigenvalue weighted by Crippen LogP contribution is 2.24. The van der Waals surface area contributed by atoms with Crippen LogP contribution in [0.15, 0.2) is 33.8 Å². The van der Waals surface area contributed by atoms with Crippen LogP contribution in [0.3, 0.4) is 0 Å². The zero-order valence-corrected chi connectivity index (χ0v) is 7.75. The molecule has 1 aliphatic carbocycles. The van der Waals surface area contributed by atoms with E-state index in [4.69, 9.17) is 11.6 Å². The van der Waals surface area contributed by atoms with E-state index in [1.165, 1.54) is 0 Å². The van der Waals surface area contributed by atoms with Gasteiger partial charge in [-0.25, -0.2) is 4.79 Å². The maximum atomic E-state index is 10.9. The Morgan fingerprint density at radius 3 is 3.00 bits per heavy atom. The summed E-state index contributed by atoms with van der Waals surface area (Å²) in [6.45, 7) is 1.94. The van der Waals surface area contributed by atoms with E-state index in [1.54, 1.807) is 6.08 Å². The van der Waals surface area contributed by atoms with Crippen molar-refractivity contribution >= 4 is 28.5 Å². The van der Waals surface area contributed by atoms with Crippen LogP contribution in [0.25, 0.3) is 0 Å². The highest BCUT2D eigenvalue weighted by Gasteiger charge is 2.27. The fraction of sp³-hybridized carbons (Fsp3) is 0.222. The lowest BCUT2D eigenvalue weighted by Gasteiger charge is -2.20. The summed E-state index contributed by atoms with van der Waals surface area (Å²) in [6, 6.07) is -0.518. The Morgan fingerprint density at radius 1 is 1.46 bits per heavy atom. The van der Waals surface area contributed by atoms with Gasteiger partial charge in [-0.2, -0.15) is 9.98 Å². The van der Waals surface area contributed by atoms with Crippen LogP contribution in [0.5, 0.6) is 0 Å². The minimum Gasteiger partial charge on any atom is -0.244 e. The smallest absolute Gasteiger partial charge is 0.244 e. The summed E-state index contributed by atoms with van der Waals surface area (Å²) < 4.78 is 0. The van der Waals surface area contributed by atoms with Crippen molar-refractivity contribution in [2.75, 3.05) is 0 Å². The number of hydrogen-bond donors (Lipinski definition) is 0. The van der Waals surface area contributed by atoms with Crippen molar-refractivity contribution in [2.24, 2.45) is 15.9 Å². The molecule has 2 rings (SSSR count). The SMILES string of the molecule is CC1=CC=CC2=NC(=O)N=C(Cl)C12. The molecule has 2 aliphatic rings. The third kappa shape index (κ3) is 1.35. The van der Waals surface area contributed by atoms with Crippen LogP contribution in [0.1, 0.15) is 6.92 Å². The molecule has 1 heterocycles. The summed E-state index contributed by atoms with van der Waals surface area (Å²) >= 11 is 5.85. The van der Waals surface area contributed by atoms with Crippen molar-refractivity contribution in [3.8, 4) is 0 Å². The van der Waals surface area contributed by atoms with Crippen molar-refractivity contribution < 1.29 is 4.79 Å². The summed E-state index contributed by atoms with van der Waals surface area (Å²) in [5, 5.41) is 0.313. The molecule has 0 aromatic carbocycles. The van der Waals surface area contributed by atoms with Gasteiger partial charge < -0.3 is 0 Å². The molecule has 3 nitrogen and oxygen atoms in total. The fourth-order valence-electron chi connectivity index (χ4n) is 1.43. The topological polar surface area (TPSA) is 41.8 Å². The van der Waals surface area contributed by atoms with E-state index in [0.29, 0.717) is 10.9 Å². The standard InChI is InChI=1S/C9H7ClN2O/c1-5-3-2-4-6-7(5)8(10)12-9(13)11-6/h2-4,7H,1H3. The molecule has 66 valence electrons. The summed E-state index contributed by atoms with van der Waals surface area (Å²) in [6.07, 6.45) is 5.58. The van der Waals surface area contributed by atoms with Gasteiger partial charge in [0.1, 0.15) is 5.17 Å². The average Bonchev–Trinajstić information content (AvgIpc) is 2.02. The van der Waals surface area contributed by atoms with E-state index < -0.39 is 6.03 Å². The van der Waals surface area contributed by atoms with Crippen LogP contribution in [0.2, 0.25) is 0 Å². The molecule has 0 saturated heterocycles. The third-order valence-corrected chi connectivity index (χ3v) is 2.35. The molecule has 1 unspecified atom stereocenters. The lowest BCUT2D eigenvalue weighted by molar-refractivity contribution is 0.256. The molecular weight excluding hydrogens is 188 g/mol. The summed E-state index contributed by atoms with van der Waals surface area (Å²) in [5.41, 5.74) is 1.74. The van der Waals surface area contributed by atoms with Crippen molar-refractivity contribution in [2.45, 2.75) is 6.92 Å². The average molecular weight is 195 g/mol. The van der Waals surface area contributed by atoms with E-state index >= 15 is 0 Å². The largest absolute Gasteiger partial charge is 0.368 e. The summed E-state index contributed by atoms with van der Waals surface area (Å²) in [5.74, 6) is -0.107. The zero-order valence-electron chi connectivity index (χ0n) is 6.99. The second-order valence-electron chi connectivity index (χ2n) is 2.96. The van der Waals surface area contributed by atoms with Crippen molar-refractivity contribution in [3.63, 3.8) is 0 Å². The van der Waals surface area contributed by atoms with Crippen LogP contribution in [0, 0.1) is 5.92 Å². The highest BCUT2D eigenvalue weighted by molar-refractivity contribution is 6.69. The van der Waals surface area contributed by atoms with Crippen LogP contribution in [0.4, 0.5) is 4.79 Å². The van der Waals surface area contributed by atoms with Gasteiger partial charge in [-0.1, -0.05) is 29.3 Å². The molecule has 4 heteroatoms. The van der Waals surface area contributed by atoms with E-state index in [0.717, 1.165) is 5.57 Å².